The molecule has 1 aromatic rings. The average Bonchev–Trinajstić information content (AvgIpc) is 2.46. The zero-order valence-electron chi connectivity index (χ0n) is 14.1. The number of methoxy groups -OCH3 is 1. The fourth-order valence-electron chi connectivity index (χ4n) is 3.28. The molecule has 0 aromatic carbocycles. The molecule has 1 aromatic heterocycles. The second kappa shape index (κ2) is 6.77. The van der Waals surface area contributed by atoms with Crippen molar-refractivity contribution in [1.82, 2.24) is 9.97 Å². The molecule has 1 heterocycles. The fourth-order valence-corrected chi connectivity index (χ4v) is 5.34. The number of aromatic nitrogens is 2. The van der Waals surface area contributed by atoms with Gasteiger partial charge in [-0.3, -0.25) is 0 Å². The van der Waals surface area contributed by atoms with Crippen LogP contribution in [0.25, 0.3) is 0 Å². The van der Waals surface area contributed by atoms with E-state index in [0.29, 0.717) is 6.04 Å². The molecule has 118 valence electrons. The van der Waals surface area contributed by atoms with Gasteiger partial charge in [-0.25, -0.2) is 9.97 Å². The number of ether oxygens (including phenoxy) is 1. The van der Waals surface area contributed by atoms with Gasteiger partial charge in [0.1, 0.15) is 6.33 Å². The van der Waals surface area contributed by atoms with Crippen LogP contribution in [0, 0.1) is 0 Å². The zero-order valence-corrected chi connectivity index (χ0v) is 15.1. The minimum Gasteiger partial charge on any atom is -0.491 e. The molecule has 0 bridgehead atoms. The van der Waals surface area contributed by atoms with Gasteiger partial charge in [0.2, 0.25) is 0 Å². The Bertz CT molecular complexity index is 465. The Morgan fingerprint density at radius 2 is 1.86 bits per heavy atom. The Labute approximate surface area is 129 Å². The van der Waals surface area contributed by atoms with E-state index in [1.165, 1.54) is 25.7 Å². The summed E-state index contributed by atoms with van der Waals surface area (Å²) < 4.78 is 5.50. The first kappa shape index (κ1) is 16.3. The summed E-state index contributed by atoms with van der Waals surface area (Å²) in [5.74, 6) is 1.67. The normalized spacial score (nSPS) is 22.9. The predicted octanol–water partition coefficient (Wildman–Crippen LogP) is 4.11. The smallest absolute Gasteiger partial charge is 0.182 e. The number of hydrogen-bond donors (Lipinski definition) is 1. The first-order valence-electron chi connectivity index (χ1n) is 8.10. The summed E-state index contributed by atoms with van der Waals surface area (Å²) in [5, 5.41) is 3.59. The number of hydrogen-bond acceptors (Lipinski definition) is 4. The maximum absolute atomic E-state index is 5.50. The summed E-state index contributed by atoms with van der Waals surface area (Å²) in [6.07, 6.45) is 7.68. The number of nitrogens with zero attached hydrogens (tertiary/aromatic N) is 2. The molecule has 1 saturated carbocycles. The van der Waals surface area contributed by atoms with Crippen LogP contribution in [-0.4, -0.2) is 31.2 Å². The molecule has 1 N–H and O–H groups in total. The molecule has 21 heavy (non-hydrogen) atoms. The van der Waals surface area contributed by atoms with Gasteiger partial charge < -0.3 is 10.1 Å². The molecule has 0 radical (unpaired) electrons. The van der Waals surface area contributed by atoms with Gasteiger partial charge in [-0.15, -0.1) is 0 Å². The van der Waals surface area contributed by atoms with Gasteiger partial charge in [0.15, 0.2) is 11.6 Å². The highest BCUT2D eigenvalue weighted by Crippen LogP contribution is 2.38. The van der Waals surface area contributed by atoms with Crippen LogP contribution in [0.1, 0.15) is 38.3 Å². The molecular weight excluding hydrogens is 278 g/mol. The van der Waals surface area contributed by atoms with E-state index in [1.54, 1.807) is 13.4 Å². The highest BCUT2D eigenvalue weighted by atomic mass is 28.3. The molecular formula is C16H29N3OSi. The summed E-state index contributed by atoms with van der Waals surface area (Å²) in [7, 11) is 0.711. The lowest BCUT2D eigenvalue weighted by molar-refractivity contribution is 0.403. The Morgan fingerprint density at radius 1 is 1.19 bits per heavy atom. The minimum atomic E-state index is -0.989. The van der Waals surface area contributed by atoms with Gasteiger partial charge >= 0.3 is 0 Å². The van der Waals surface area contributed by atoms with E-state index in [9.17, 15) is 0 Å². The summed E-state index contributed by atoms with van der Waals surface area (Å²) in [6, 6.07) is 0.520. The molecule has 1 fully saturated rings. The summed E-state index contributed by atoms with van der Waals surface area (Å²) in [4.78, 5) is 8.68. The van der Waals surface area contributed by atoms with Crippen molar-refractivity contribution in [3.63, 3.8) is 0 Å². The van der Waals surface area contributed by atoms with E-state index in [2.05, 4.69) is 41.8 Å². The van der Waals surface area contributed by atoms with Crippen LogP contribution in [0.4, 0.5) is 5.82 Å². The highest BCUT2D eigenvalue weighted by Gasteiger charge is 2.31. The third kappa shape index (κ3) is 3.96. The molecule has 0 spiro atoms. The van der Waals surface area contributed by atoms with Crippen molar-refractivity contribution in [2.75, 3.05) is 12.4 Å². The fraction of sp³-hybridized carbons (Fsp3) is 0.750. The number of rotatable bonds is 5. The Balaban J connectivity index is 2.01. The summed E-state index contributed by atoms with van der Waals surface area (Å²) in [6.45, 7) is 9.57. The average molecular weight is 308 g/mol. The molecule has 0 unspecified atom stereocenters. The standard InChI is InChI=1S/C16H29N3OSi/c1-6-14-15(20-2)16(18-11-17-14)19-12-7-9-13(10-8-12)21(3,4)5/h11-13H,6-10H2,1-5H3,(H,17,18,19). The molecule has 2 rings (SSSR count). The van der Waals surface area contributed by atoms with E-state index in [0.717, 1.165) is 29.2 Å². The van der Waals surface area contributed by atoms with Gasteiger partial charge in [0.25, 0.3) is 0 Å². The van der Waals surface area contributed by atoms with Crippen LogP contribution in [0.2, 0.25) is 25.2 Å². The van der Waals surface area contributed by atoms with Gasteiger partial charge in [0, 0.05) is 14.1 Å². The van der Waals surface area contributed by atoms with Crippen molar-refractivity contribution in [2.45, 2.75) is 70.3 Å². The monoisotopic (exact) mass is 307 g/mol. The van der Waals surface area contributed by atoms with E-state index >= 15 is 0 Å². The lowest BCUT2D eigenvalue weighted by Crippen LogP contribution is -2.34. The highest BCUT2D eigenvalue weighted by molar-refractivity contribution is 6.77. The summed E-state index contributed by atoms with van der Waals surface area (Å²) in [5.41, 5.74) is 1.94. The van der Waals surface area contributed by atoms with Gasteiger partial charge in [0.05, 0.1) is 12.8 Å². The molecule has 5 heteroatoms. The van der Waals surface area contributed by atoms with Crippen LogP contribution < -0.4 is 10.1 Å². The molecule has 0 aliphatic heterocycles. The van der Waals surface area contributed by atoms with Crippen molar-refractivity contribution >= 4 is 13.9 Å². The SMILES string of the molecule is CCc1ncnc(NC2CCC([Si](C)(C)C)CC2)c1OC. The second-order valence-electron chi connectivity index (χ2n) is 7.11. The molecule has 1 aliphatic rings. The van der Waals surface area contributed by atoms with Gasteiger partial charge in [-0.05, 0) is 24.8 Å². The van der Waals surface area contributed by atoms with Crippen LogP contribution in [0.15, 0.2) is 6.33 Å². The number of aryl methyl sites for hydroxylation is 1. The van der Waals surface area contributed by atoms with Crippen molar-refractivity contribution in [2.24, 2.45) is 0 Å². The molecule has 0 saturated heterocycles. The summed E-state index contributed by atoms with van der Waals surface area (Å²) >= 11 is 0. The largest absolute Gasteiger partial charge is 0.491 e. The van der Waals surface area contributed by atoms with Crippen molar-refractivity contribution in [3.05, 3.63) is 12.0 Å². The third-order valence-corrected chi connectivity index (χ3v) is 7.74. The van der Waals surface area contributed by atoms with Crippen LogP contribution >= 0.6 is 0 Å². The van der Waals surface area contributed by atoms with E-state index in [-0.39, 0.29) is 0 Å². The van der Waals surface area contributed by atoms with E-state index < -0.39 is 8.07 Å². The van der Waals surface area contributed by atoms with Crippen molar-refractivity contribution < 1.29 is 4.74 Å². The minimum absolute atomic E-state index is 0.520. The topological polar surface area (TPSA) is 47.0 Å². The molecule has 0 amide bonds. The van der Waals surface area contributed by atoms with Gasteiger partial charge in [-0.1, -0.05) is 39.4 Å². The Hall–Kier alpha value is -1.10. The quantitative estimate of drug-likeness (QED) is 0.832. The molecule has 0 atom stereocenters. The zero-order chi connectivity index (χ0) is 15.5. The number of nitrogens with one attached hydrogen (secondary N) is 1. The predicted molar refractivity (Wildman–Crippen MR) is 90.9 cm³/mol. The van der Waals surface area contributed by atoms with Crippen LogP contribution in [0.5, 0.6) is 5.75 Å². The second-order valence-corrected chi connectivity index (χ2v) is 12.7. The Morgan fingerprint density at radius 3 is 2.38 bits per heavy atom. The first-order valence-corrected chi connectivity index (χ1v) is 11.7. The van der Waals surface area contributed by atoms with E-state index in [1.807, 2.05) is 0 Å². The number of anilines is 1. The lowest BCUT2D eigenvalue weighted by atomic mass is 9.95. The van der Waals surface area contributed by atoms with E-state index in [4.69, 9.17) is 4.74 Å². The lowest BCUT2D eigenvalue weighted by Gasteiger charge is -2.36. The van der Waals surface area contributed by atoms with Gasteiger partial charge in [-0.2, -0.15) is 0 Å². The van der Waals surface area contributed by atoms with Crippen molar-refractivity contribution in [1.29, 1.82) is 0 Å². The molecule has 4 nitrogen and oxygen atoms in total. The first-order chi connectivity index (χ1) is 9.95. The van der Waals surface area contributed by atoms with Crippen LogP contribution in [-0.2, 0) is 6.42 Å². The maximum Gasteiger partial charge on any atom is 0.182 e. The maximum atomic E-state index is 5.50. The Kier molecular flexibility index (Phi) is 5.25. The molecule has 1 aliphatic carbocycles. The third-order valence-electron chi connectivity index (χ3n) is 4.71. The van der Waals surface area contributed by atoms with Crippen molar-refractivity contribution in [3.8, 4) is 5.75 Å². The van der Waals surface area contributed by atoms with Crippen LogP contribution in [0.3, 0.4) is 0 Å².